The zero-order chi connectivity index (χ0) is 15.1. The second-order valence-corrected chi connectivity index (χ2v) is 5.50. The van der Waals surface area contributed by atoms with E-state index in [9.17, 15) is 0 Å². The van der Waals surface area contributed by atoms with Crippen molar-refractivity contribution in [3.63, 3.8) is 0 Å². The van der Waals surface area contributed by atoms with Crippen LogP contribution in [-0.4, -0.2) is 13.1 Å². The monoisotopic (exact) mass is 283 g/mol. The molecule has 0 aliphatic carbocycles. The minimum atomic E-state index is 0.494. The Morgan fingerprint density at radius 1 is 0.905 bits per heavy atom. The quantitative estimate of drug-likeness (QED) is 0.830. The molecule has 2 heteroatoms. The molecule has 2 rings (SSSR count). The first-order valence-corrected chi connectivity index (χ1v) is 7.68. The highest BCUT2D eigenvalue weighted by Crippen LogP contribution is 2.15. The molecule has 1 unspecified atom stereocenters. The Bertz CT molecular complexity index is 530. The fourth-order valence-corrected chi connectivity index (χ4v) is 2.22. The molecule has 0 aromatic heterocycles. The van der Waals surface area contributed by atoms with E-state index in [-0.39, 0.29) is 0 Å². The van der Waals surface area contributed by atoms with Crippen LogP contribution in [0.4, 0.5) is 0 Å². The topological polar surface area (TPSA) is 21.3 Å². The maximum Gasteiger partial charge on any atom is 0.119 e. The number of aryl methyl sites for hydroxylation is 1. The standard InChI is InChI=1S/C19H25NO/c1-4-16-5-7-18(8-6-16)14-21-19-11-9-17(10-12-19)13-15(2)20-3/h5-12,15,20H,4,13-14H2,1-3H3. The molecule has 0 aliphatic heterocycles. The maximum absolute atomic E-state index is 5.84. The van der Waals surface area contributed by atoms with Crippen molar-refractivity contribution in [2.45, 2.75) is 39.3 Å². The first kappa shape index (κ1) is 15.6. The fourth-order valence-electron chi connectivity index (χ4n) is 2.22. The van der Waals surface area contributed by atoms with Gasteiger partial charge in [-0.25, -0.2) is 0 Å². The van der Waals surface area contributed by atoms with Crippen molar-refractivity contribution in [2.24, 2.45) is 0 Å². The molecule has 21 heavy (non-hydrogen) atoms. The second-order valence-electron chi connectivity index (χ2n) is 5.50. The molecular formula is C19H25NO. The minimum Gasteiger partial charge on any atom is -0.489 e. The van der Waals surface area contributed by atoms with E-state index in [1.807, 2.05) is 7.05 Å². The molecule has 0 radical (unpaired) electrons. The van der Waals surface area contributed by atoms with Gasteiger partial charge in [-0.05, 0) is 55.6 Å². The third-order valence-electron chi connectivity index (χ3n) is 3.79. The summed E-state index contributed by atoms with van der Waals surface area (Å²) in [5, 5.41) is 3.25. The third kappa shape index (κ3) is 4.91. The molecule has 0 heterocycles. The van der Waals surface area contributed by atoms with Crippen LogP contribution >= 0.6 is 0 Å². The number of hydrogen-bond acceptors (Lipinski definition) is 2. The van der Waals surface area contributed by atoms with Gasteiger partial charge in [-0.1, -0.05) is 43.3 Å². The van der Waals surface area contributed by atoms with Crippen molar-refractivity contribution in [2.75, 3.05) is 7.05 Å². The van der Waals surface area contributed by atoms with Crippen molar-refractivity contribution in [3.8, 4) is 5.75 Å². The smallest absolute Gasteiger partial charge is 0.119 e. The zero-order valence-corrected chi connectivity index (χ0v) is 13.2. The van der Waals surface area contributed by atoms with Gasteiger partial charge >= 0.3 is 0 Å². The molecule has 0 saturated heterocycles. The maximum atomic E-state index is 5.84. The molecular weight excluding hydrogens is 258 g/mol. The van der Waals surface area contributed by atoms with Crippen LogP contribution in [0.5, 0.6) is 5.75 Å². The number of hydrogen-bond donors (Lipinski definition) is 1. The number of benzene rings is 2. The van der Waals surface area contributed by atoms with Crippen molar-refractivity contribution >= 4 is 0 Å². The van der Waals surface area contributed by atoms with Crippen LogP contribution in [0.25, 0.3) is 0 Å². The molecule has 1 atom stereocenters. The summed E-state index contributed by atoms with van der Waals surface area (Å²) in [6.45, 7) is 4.97. The summed E-state index contributed by atoms with van der Waals surface area (Å²) in [7, 11) is 1.99. The molecule has 2 nitrogen and oxygen atoms in total. The van der Waals surface area contributed by atoms with E-state index < -0.39 is 0 Å². The number of nitrogens with one attached hydrogen (secondary N) is 1. The van der Waals surface area contributed by atoms with Gasteiger partial charge in [0.2, 0.25) is 0 Å². The van der Waals surface area contributed by atoms with Crippen molar-refractivity contribution in [1.82, 2.24) is 5.32 Å². The lowest BCUT2D eigenvalue weighted by Crippen LogP contribution is -2.23. The normalized spacial score (nSPS) is 12.1. The molecule has 2 aromatic carbocycles. The van der Waals surface area contributed by atoms with E-state index in [0.717, 1.165) is 18.6 Å². The Hall–Kier alpha value is -1.80. The lowest BCUT2D eigenvalue weighted by atomic mass is 10.1. The summed E-state index contributed by atoms with van der Waals surface area (Å²) in [6, 6.07) is 17.5. The van der Waals surface area contributed by atoms with Crippen LogP contribution < -0.4 is 10.1 Å². The summed E-state index contributed by atoms with van der Waals surface area (Å²) < 4.78 is 5.84. The highest BCUT2D eigenvalue weighted by Gasteiger charge is 2.01. The second kappa shape index (κ2) is 7.84. The molecule has 0 fully saturated rings. The molecule has 0 bridgehead atoms. The lowest BCUT2D eigenvalue weighted by molar-refractivity contribution is 0.306. The molecule has 2 aromatic rings. The SMILES string of the molecule is CCc1ccc(COc2ccc(CC(C)NC)cc2)cc1. The highest BCUT2D eigenvalue weighted by molar-refractivity contribution is 5.28. The van der Waals surface area contributed by atoms with Gasteiger partial charge in [-0.2, -0.15) is 0 Å². The average Bonchev–Trinajstić information content (AvgIpc) is 2.54. The molecule has 0 saturated carbocycles. The first-order chi connectivity index (χ1) is 10.2. The van der Waals surface area contributed by atoms with E-state index in [0.29, 0.717) is 12.6 Å². The summed E-state index contributed by atoms with van der Waals surface area (Å²) in [5.41, 5.74) is 3.90. The Balaban J connectivity index is 1.88. The number of ether oxygens (including phenoxy) is 1. The zero-order valence-electron chi connectivity index (χ0n) is 13.2. The summed E-state index contributed by atoms with van der Waals surface area (Å²) in [4.78, 5) is 0. The Kier molecular flexibility index (Phi) is 5.82. The van der Waals surface area contributed by atoms with E-state index in [1.54, 1.807) is 0 Å². The third-order valence-corrected chi connectivity index (χ3v) is 3.79. The van der Waals surface area contributed by atoms with Crippen molar-refractivity contribution in [3.05, 3.63) is 65.2 Å². The Morgan fingerprint density at radius 3 is 2.05 bits per heavy atom. The number of rotatable bonds is 7. The predicted octanol–water partition coefficient (Wildman–Crippen LogP) is 3.98. The molecule has 0 aliphatic rings. The Labute approximate surface area is 128 Å². The van der Waals surface area contributed by atoms with Crippen molar-refractivity contribution in [1.29, 1.82) is 0 Å². The van der Waals surface area contributed by atoms with Gasteiger partial charge < -0.3 is 10.1 Å². The van der Waals surface area contributed by atoms with Gasteiger partial charge in [0.25, 0.3) is 0 Å². The van der Waals surface area contributed by atoms with E-state index in [4.69, 9.17) is 4.74 Å². The van der Waals surface area contributed by atoms with Gasteiger partial charge in [0.15, 0.2) is 0 Å². The lowest BCUT2D eigenvalue weighted by Gasteiger charge is -2.11. The van der Waals surface area contributed by atoms with Crippen LogP contribution in [0.1, 0.15) is 30.5 Å². The van der Waals surface area contributed by atoms with Crippen LogP contribution in [-0.2, 0) is 19.4 Å². The summed E-state index contributed by atoms with van der Waals surface area (Å²) in [6.07, 6.45) is 2.11. The van der Waals surface area contributed by atoms with Gasteiger partial charge in [-0.3, -0.25) is 0 Å². The van der Waals surface area contributed by atoms with Crippen molar-refractivity contribution < 1.29 is 4.74 Å². The fraction of sp³-hybridized carbons (Fsp3) is 0.368. The highest BCUT2D eigenvalue weighted by atomic mass is 16.5. The molecule has 0 amide bonds. The van der Waals surface area contributed by atoms with Crippen LogP contribution in [0, 0.1) is 0 Å². The predicted molar refractivity (Wildman–Crippen MR) is 88.8 cm³/mol. The molecule has 0 spiro atoms. The Morgan fingerprint density at radius 2 is 1.48 bits per heavy atom. The van der Waals surface area contributed by atoms with Gasteiger partial charge in [0.1, 0.15) is 12.4 Å². The van der Waals surface area contributed by atoms with E-state index in [2.05, 4.69) is 67.7 Å². The van der Waals surface area contributed by atoms with E-state index >= 15 is 0 Å². The number of likely N-dealkylation sites (N-methyl/N-ethyl adjacent to an activating group) is 1. The van der Waals surface area contributed by atoms with Crippen LogP contribution in [0.3, 0.4) is 0 Å². The molecule has 1 N–H and O–H groups in total. The van der Waals surface area contributed by atoms with Crippen LogP contribution in [0.15, 0.2) is 48.5 Å². The average molecular weight is 283 g/mol. The van der Waals surface area contributed by atoms with Crippen LogP contribution in [0.2, 0.25) is 0 Å². The first-order valence-electron chi connectivity index (χ1n) is 7.68. The van der Waals surface area contributed by atoms with Gasteiger partial charge in [0, 0.05) is 6.04 Å². The van der Waals surface area contributed by atoms with Gasteiger partial charge in [0.05, 0.1) is 0 Å². The summed E-state index contributed by atoms with van der Waals surface area (Å²) >= 11 is 0. The summed E-state index contributed by atoms with van der Waals surface area (Å²) in [5.74, 6) is 0.926. The van der Waals surface area contributed by atoms with E-state index in [1.165, 1.54) is 16.7 Å². The molecule has 112 valence electrons. The minimum absolute atomic E-state index is 0.494. The largest absolute Gasteiger partial charge is 0.489 e. The van der Waals surface area contributed by atoms with Gasteiger partial charge in [-0.15, -0.1) is 0 Å².